The van der Waals surface area contributed by atoms with Crippen LogP contribution in [0.25, 0.3) is 10.9 Å². The lowest BCUT2D eigenvalue weighted by Gasteiger charge is -2.39. The fourth-order valence-corrected chi connectivity index (χ4v) is 3.05. The van der Waals surface area contributed by atoms with Gasteiger partial charge in [-0.25, -0.2) is 4.79 Å². The van der Waals surface area contributed by atoms with Crippen LogP contribution >= 0.6 is 15.9 Å². The van der Waals surface area contributed by atoms with Crippen molar-refractivity contribution in [2.75, 3.05) is 13.1 Å². The third-order valence-electron chi connectivity index (χ3n) is 3.76. The van der Waals surface area contributed by atoms with E-state index in [1.807, 2.05) is 38.6 Å². The number of hydrogen-bond donors (Lipinski definition) is 0. The number of rotatable bonds is 1. The zero-order valence-corrected chi connectivity index (χ0v) is 14.8. The smallest absolute Gasteiger partial charge is 0.410 e. The van der Waals surface area contributed by atoms with Crippen molar-refractivity contribution in [3.05, 3.63) is 28.4 Å². The van der Waals surface area contributed by atoms with Gasteiger partial charge >= 0.3 is 6.09 Å². The van der Waals surface area contributed by atoms with Crippen molar-refractivity contribution < 1.29 is 9.53 Å². The highest BCUT2D eigenvalue weighted by Gasteiger charge is 2.36. The van der Waals surface area contributed by atoms with Gasteiger partial charge in [0.1, 0.15) is 5.60 Å². The van der Waals surface area contributed by atoms with Gasteiger partial charge in [-0.1, -0.05) is 15.9 Å². The van der Waals surface area contributed by atoms with E-state index < -0.39 is 5.60 Å². The molecule has 0 spiro atoms. The summed E-state index contributed by atoms with van der Waals surface area (Å²) in [5, 5.41) is 5.78. The Balaban J connectivity index is 1.76. The van der Waals surface area contributed by atoms with E-state index in [9.17, 15) is 4.79 Å². The molecule has 1 fully saturated rings. The highest BCUT2D eigenvalue weighted by atomic mass is 79.9. The van der Waals surface area contributed by atoms with E-state index in [4.69, 9.17) is 4.74 Å². The van der Waals surface area contributed by atoms with Gasteiger partial charge in [-0.2, -0.15) is 5.10 Å². The molecule has 118 valence electrons. The summed E-state index contributed by atoms with van der Waals surface area (Å²) >= 11 is 3.51. The average Bonchev–Trinajstić information content (AvgIpc) is 2.62. The van der Waals surface area contributed by atoms with Gasteiger partial charge in [0.2, 0.25) is 0 Å². The number of hydrogen-bond acceptors (Lipinski definition) is 3. The summed E-state index contributed by atoms with van der Waals surface area (Å²) in [6.45, 7) is 6.96. The molecule has 22 heavy (non-hydrogen) atoms. The van der Waals surface area contributed by atoms with E-state index in [0.717, 1.165) is 21.1 Å². The average molecular weight is 366 g/mol. The Labute approximate surface area is 138 Å². The Morgan fingerprint density at radius 1 is 1.36 bits per heavy atom. The van der Waals surface area contributed by atoms with E-state index in [2.05, 4.69) is 33.2 Å². The number of likely N-dealkylation sites (tertiary alicyclic amines) is 1. The first-order valence-electron chi connectivity index (χ1n) is 7.35. The normalized spacial score (nSPS) is 16.0. The van der Waals surface area contributed by atoms with E-state index >= 15 is 0 Å². The molecule has 0 radical (unpaired) electrons. The van der Waals surface area contributed by atoms with E-state index in [-0.39, 0.29) is 12.0 Å². The van der Waals surface area contributed by atoms with Gasteiger partial charge < -0.3 is 9.64 Å². The Bertz CT molecular complexity index is 727. The van der Waals surface area contributed by atoms with Crippen molar-refractivity contribution >= 4 is 32.9 Å². The molecule has 0 bridgehead atoms. The van der Waals surface area contributed by atoms with Crippen molar-refractivity contribution in [1.82, 2.24) is 14.7 Å². The molecular formula is C16H20BrN3O2. The van der Waals surface area contributed by atoms with Crippen molar-refractivity contribution in [3.63, 3.8) is 0 Å². The highest BCUT2D eigenvalue weighted by molar-refractivity contribution is 9.10. The van der Waals surface area contributed by atoms with Gasteiger partial charge in [0.25, 0.3) is 0 Å². The van der Waals surface area contributed by atoms with E-state index in [1.54, 1.807) is 4.90 Å². The molecule has 1 amide bonds. The maximum absolute atomic E-state index is 12.0. The maximum Gasteiger partial charge on any atom is 0.410 e. The van der Waals surface area contributed by atoms with Crippen LogP contribution in [-0.4, -0.2) is 39.5 Å². The number of halogens is 1. The standard InChI is InChI=1S/C16H20BrN3O2/c1-16(2,3)22-15(21)20-8-10(9-20)14-12-7-11(17)5-6-13(12)19(4)18-14/h5-7,10H,8-9H2,1-4H3. The van der Waals surface area contributed by atoms with Crippen LogP contribution in [0.5, 0.6) is 0 Å². The monoisotopic (exact) mass is 365 g/mol. The first-order valence-corrected chi connectivity index (χ1v) is 8.14. The predicted molar refractivity (Wildman–Crippen MR) is 89.0 cm³/mol. The quantitative estimate of drug-likeness (QED) is 0.774. The Morgan fingerprint density at radius 2 is 2.05 bits per heavy atom. The molecule has 2 heterocycles. The summed E-state index contributed by atoms with van der Waals surface area (Å²) in [5.74, 6) is 0.269. The summed E-state index contributed by atoms with van der Waals surface area (Å²) < 4.78 is 8.33. The lowest BCUT2D eigenvalue weighted by atomic mass is 9.94. The van der Waals surface area contributed by atoms with E-state index in [1.165, 1.54) is 0 Å². The van der Waals surface area contributed by atoms with Crippen LogP contribution in [0, 0.1) is 0 Å². The lowest BCUT2D eigenvalue weighted by Crippen LogP contribution is -2.50. The second-order valence-electron chi connectivity index (χ2n) is 6.75. The van der Waals surface area contributed by atoms with Gasteiger partial charge in [0.05, 0.1) is 11.2 Å². The minimum Gasteiger partial charge on any atom is -0.444 e. The summed E-state index contributed by atoms with van der Waals surface area (Å²) in [7, 11) is 1.95. The third kappa shape index (κ3) is 2.84. The second-order valence-corrected chi connectivity index (χ2v) is 7.67. The molecule has 0 N–H and O–H groups in total. The lowest BCUT2D eigenvalue weighted by molar-refractivity contribution is 0.00794. The molecule has 0 aliphatic carbocycles. The summed E-state index contributed by atoms with van der Waals surface area (Å²) in [4.78, 5) is 13.7. The molecule has 0 saturated carbocycles. The van der Waals surface area contributed by atoms with Gasteiger partial charge in [0.15, 0.2) is 0 Å². The van der Waals surface area contributed by atoms with Gasteiger partial charge in [-0.05, 0) is 39.0 Å². The number of aromatic nitrogens is 2. The first-order chi connectivity index (χ1) is 10.2. The molecule has 1 aromatic carbocycles. The zero-order valence-electron chi connectivity index (χ0n) is 13.3. The number of benzene rings is 1. The predicted octanol–water partition coefficient (Wildman–Crippen LogP) is 3.67. The third-order valence-corrected chi connectivity index (χ3v) is 4.25. The van der Waals surface area contributed by atoms with E-state index in [0.29, 0.717) is 13.1 Å². The highest BCUT2D eigenvalue weighted by Crippen LogP contribution is 2.33. The molecular weight excluding hydrogens is 346 g/mol. The molecule has 3 rings (SSSR count). The number of aryl methyl sites for hydroxylation is 1. The first kappa shape index (κ1) is 15.3. The number of amides is 1. The summed E-state index contributed by atoms with van der Waals surface area (Å²) in [6, 6.07) is 6.16. The minimum absolute atomic E-state index is 0.245. The van der Waals surface area contributed by atoms with Crippen LogP contribution in [0.1, 0.15) is 32.4 Å². The maximum atomic E-state index is 12.0. The summed E-state index contributed by atoms with van der Waals surface area (Å²) in [6.07, 6.45) is -0.245. The molecule has 1 aromatic heterocycles. The van der Waals surface area contributed by atoms with Crippen LogP contribution in [0.3, 0.4) is 0 Å². The van der Waals surface area contributed by atoms with Gasteiger partial charge in [-0.3, -0.25) is 4.68 Å². The molecule has 0 atom stereocenters. The number of nitrogens with zero attached hydrogens (tertiary/aromatic N) is 3. The van der Waals surface area contributed by atoms with Gasteiger partial charge in [0, 0.05) is 35.9 Å². The number of ether oxygens (including phenoxy) is 1. The van der Waals surface area contributed by atoms with Crippen molar-refractivity contribution in [3.8, 4) is 0 Å². The molecule has 2 aromatic rings. The van der Waals surface area contributed by atoms with Gasteiger partial charge in [-0.15, -0.1) is 0 Å². The molecule has 6 heteroatoms. The fraction of sp³-hybridized carbons (Fsp3) is 0.500. The fourth-order valence-electron chi connectivity index (χ4n) is 2.69. The Morgan fingerprint density at radius 3 is 2.68 bits per heavy atom. The molecule has 1 aliphatic rings. The zero-order chi connectivity index (χ0) is 16.1. The van der Waals surface area contributed by atoms with Crippen molar-refractivity contribution in [2.24, 2.45) is 7.05 Å². The van der Waals surface area contributed by atoms with Crippen molar-refractivity contribution in [1.29, 1.82) is 0 Å². The largest absolute Gasteiger partial charge is 0.444 e. The van der Waals surface area contributed by atoms with Crippen LogP contribution in [0.2, 0.25) is 0 Å². The second kappa shape index (κ2) is 5.26. The minimum atomic E-state index is -0.454. The number of fused-ring (bicyclic) bond motifs is 1. The molecule has 1 aliphatic heterocycles. The van der Waals surface area contributed by atoms with Crippen LogP contribution in [-0.2, 0) is 11.8 Å². The number of carbonyl (C=O) groups is 1. The van der Waals surface area contributed by atoms with Crippen molar-refractivity contribution in [2.45, 2.75) is 32.3 Å². The Hall–Kier alpha value is -1.56. The molecule has 1 saturated heterocycles. The molecule has 0 unspecified atom stereocenters. The number of carbonyl (C=O) groups excluding carboxylic acids is 1. The SMILES string of the molecule is Cn1nc(C2CN(C(=O)OC(C)(C)C)C2)c2cc(Br)ccc21. The Kier molecular flexibility index (Phi) is 3.67. The van der Waals surface area contributed by atoms with Crippen LogP contribution in [0.15, 0.2) is 22.7 Å². The van der Waals surface area contributed by atoms with Crippen LogP contribution in [0.4, 0.5) is 4.79 Å². The topological polar surface area (TPSA) is 47.4 Å². The molecule has 5 nitrogen and oxygen atoms in total. The van der Waals surface area contributed by atoms with Crippen LogP contribution < -0.4 is 0 Å². The summed E-state index contributed by atoms with van der Waals surface area (Å²) in [5.41, 5.74) is 1.71.